The third kappa shape index (κ3) is 3.14. The van der Waals surface area contributed by atoms with Gasteiger partial charge in [0.25, 0.3) is 0 Å². The summed E-state index contributed by atoms with van der Waals surface area (Å²) < 4.78 is 0. The molecule has 1 aromatic rings. The Bertz CT molecular complexity index is 329. The third-order valence-corrected chi connectivity index (χ3v) is 3.03. The highest BCUT2D eigenvalue weighted by Gasteiger charge is 2.19. The molecule has 2 heterocycles. The molecular weight excluding hydrogens is 200 g/mol. The van der Waals surface area contributed by atoms with Crippen molar-refractivity contribution in [2.75, 3.05) is 6.54 Å². The van der Waals surface area contributed by atoms with Crippen LogP contribution >= 0.6 is 0 Å². The van der Waals surface area contributed by atoms with Gasteiger partial charge in [-0.2, -0.15) is 0 Å². The zero-order valence-electron chi connectivity index (χ0n) is 9.48. The fraction of sp³-hybridized carbons (Fsp3) is 0.538. The molecule has 1 atom stereocenters. The van der Waals surface area contributed by atoms with Crippen molar-refractivity contribution >= 4 is 5.78 Å². The Morgan fingerprint density at radius 1 is 1.38 bits per heavy atom. The molecule has 1 aromatic heterocycles. The molecule has 0 spiro atoms. The summed E-state index contributed by atoms with van der Waals surface area (Å²) in [4.78, 5) is 16.2. The summed E-state index contributed by atoms with van der Waals surface area (Å²) in [5, 5.41) is 3.32. The molecule has 1 saturated heterocycles. The summed E-state index contributed by atoms with van der Waals surface area (Å²) in [5.74, 6) is 0.278. The predicted octanol–water partition coefficient (Wildman–Crippen LogP) is 1.73. The molecule has 1 fully saturated rings. The topological polar surface area (TPSA) is 42.0 Å². The van der Waals surface area contributed by atoms with E-state index in [2.05, 4.69) is 10.3 Å². The molecule has 0 amide bonds. The number of ketones is 1. The Labute approximate surface area is 96.3 Å². The molecular formula is C13H18N2O. The smallest absolute Gasteiger partial charge is 0.155 e. The molecule has 0 aliphatic carbocycles. The number of hydrogen-bond donors (Lipinski definition) is 1. The van der Waals surface area contributed by atoms with Crippen molar-refractivity contribution in [1.82, 2.24) is 10.3 Å². The molecule has 3 heteroatoms. The van der Waals surface area contributed by atoms with Gasteiger partial charge in [0.15, 0.2) is 5.78 Å². The van der Waals surface area contributed by atoms with Gasteiger partial charge in [0, 0.05) is 11.9 Å². The minimum atomic E-state index is 0.0458. The van der Waals surface area contributed by atoms with Gasteiger partial charge in [-0.25, -0.2) is 0 Å². The van der Waals surface area contributed by atoms with Crippen LogP contribution in [0.2, 0.25) is 0 Å². The number of pyridine rings is 1. The quantitative estimate of drug-likeness (QED) is 0.840. The molecule has 0 saturated carbocycles. The largest absolute Gasteiger partial charge is 0.307 e. The van der Waals surface area contributed by atoms with Crippen LogP contribution in [0.1, 0.15) is 31.4 Å². The molecule has 0 aromatic carbocycles. The van der Waals surface area contributed by atoms with Gasteiger partial charge in [0.05, 0.1) is 12.5 Å². The molecule has 2 rings (SSSR count). The lowest BCUT2D eigenvalue weighted by molar-refractivity contribution is -0.120. The molecule has 16 heavy (non-hydrogen) atoms. The summed E-state index contributed by atoms with van der Waals surface area (Å²) in [6, 6.07) is 5.76. The SMILES string of the molecule is O=C(Cc1ccccn1)C1CCCCCN1. The summed E-state index contributed by atoms with van der Waals surface area (Å²) in [5.41, 5.74) is 0.874. The molecule has 0 radical (unpaired) electrons. The van der Waals surface area contributed by atoms with Crippen LogP contribution in [0.3, 0.4) is 0 Å². The lowest BCUT2D eigenvalue weighted by Crippen LogP contribution is -2.37. The molecule has 1 N–H and O–H groups in total. The Balaban J connectivity index is 1.92. The van der Waals surface area contributed by atoms with Crippen LogP contribution in [0.25, 0.3) is 0 Å². The number of Topliss-reactive ketones (excluding diaryl/α,β-unsaturated/α-hetero) is 1. The number of nitrogens with zero attached hydrogens (tertiary/aromatic N) is 1. The van der Waals surface area contributed by atoms with Gasteiger partial charge in [-0.1, -0.05) is 18.9 Å². The zero-order chi connectivity index (χ0) is 11.2. The average Bonchev–Trinajstić information content (AvgIpc) is 2.59. The van der Waals surface area contributed by atoms with Crippen molar-refractivity contribution in [3.05, 3.63) is 30.1 Å². The highest BCUT2D eigenvalue weighted by atomic mass is 16.1. The van der Waals surface area contributed by atoms with Crippen molar-refractivity contribution in [2.24, 2.45) is 0 Å². The van der Waals surface area contributed by atoms with Crippen LogP contribution in [0.4, 0.5) is 0 Å². The van der Waals surface area contributed by atoms with E-state index in [1.54, 1.807) is 6.20 Å². The second-order valence-electron chi connectivity index (χ2n) is 4.32. The number of hydrogen-bond acceptors (Lipinski definition) is 3. The van der Waals surface area contributed by atoms with Crippen LogP contribution in [-0.4, -0.2) is 23.4 Å². The standard InChI is InChI=1S/C13H18N2O/c16-13(10-11-6-3-5-8-14-11)12-7-2-1-4-9-15-12/h3,5-6,8,12,15H,1-2,4,7,9-10H2. The maximum absolute atomic E-state index is 12.0. The predicted molar refractivity (Wildman–Crippen MR) is 63.2 cm³/mol. The normalized spacial score (nSPS) is 21.4. The fourth-order valence-electron chi connectivity index (χ4n) is 2.11. The van der Waals surface area contributed by atoms with Gasteiger partial charge in [-0.05, 0) is 31.5 Å². The average molecular weight is 218 g/mol. The van der Waals surface area contributed by atoms with E-state index < -0.39 is 0 Å². The van der Waals surface area contributed by atoms with Gasteiger partial charge in [-0.15, -0.1) is 0 Å². The Morgan fingerprint density at radius 2 is 2.31 bits per heavy atom. The van der Waals surface area contributed by atoms with E-state index in [1.165, 1.54) is 12.8 Å². The number of aromatic nitrogens is 1. The van der Waals surface area contributed by atoms with Crippen LogP contribution in [0.5, 0.6) is 0 Å². The molecule has 0 bridgehead atoms. The van der Waals surface area contributed by atoms with Crippen molar-refractivity contribution in [3.63, 3.8) is 0 Å². The van der Waals surface area contributed by atoms with E-state index in [9.17, 15) is 4.79 Å². The summed E-state index contributed by atoms with van der Waals surface area (Å²) >= 11 is 0. The maximum atomic E-state index is 12.0. The molecule has 86 valence electrons. The van der Waals surface area contributed by atoms with E-state index >= 15 is 0 Å². The number of carbonyl (C=O) groups excluding carboxylic acids is 1. The fourth-order valence-corrected chi connectivity index (χ4v) is 2.11. The number of nitrogens with one attached hydrogen (secondary N) is 1. The van der Waals surface area contributed by atoms with Crippen molar-refractivity contribution in [3.8, 4) is 0 Å². The molecule has 1 aliphatic heterocycles. The summed E-state index contributed by atoms with van der Waals surface area (Å²) in [6.45, 7) is 0.971. The first-order chi connectivity index (χ1) is 7.86. The Kier molecular flexibility index (Phi) is 4.05. The highest BCUT2D eigenvalue weighted by molar-refractivity contribution is 5.85. The van der Waals surface area contributed by atoms with Gasteiger partial charge in [-0.3, -0.25) is 9.78 Å². The number of carbonyl (C=O) groups is 1. The third-order valence-electron chi connectivity index (χ3n) is 3.03. The first-order valence-corrected chi connectivity index (χ1v) is 6.02. The Morgan fingerprint density at radius 3 is 3.12 bits per heavy atom. The summed E-state index contributed by atoms with van der Waals surface area (Å²) in [6.07, 6.45) is 6.76. The van der Waals surface area contributed by atoms with E-state index in [0.717, 1.165) is 25.1 Å². The highest BCUT2D eigenvalue weighted by Crippen LogP contribution is 2.10. The molecule has 1 aliphatic rings. The van der Waals surface area contributed by atoms with Crippen LogP contribution in [0.15, 0.2) is 24.4 Å². The second kappa shape index (κ2) is 5.75. The first-order valence-electron chi connectivity index (χ1n) is 6.02. The Hall–Kier alpha value is -1.22. The van der Waals surface area contributed by atoms with Gasteiger partial charge in [0.1, 0.15) is 0 Å². The minimum absolute atomic E-state index is 0.0458. The minimum Gasteiger partial charge on any atom is -0.307 e. The van der Waals surface area contributed by atoms with Crippen LogP contribution in [-0.2, 0) is 11.2 Å². The second-order valence-corrected chi connectivity index (χ2v) is 4.32. The van der Waals surface area contributed by atoms with E-state index in [-0.39, 0.29) is 11.8 Å². The maximum Gasteiger partial charge on any atom is 0.155 e. The van der Waals surface area contributed by atoms with Gasteiger partial charge in [0.2, 0.25) is 0 Å². The molecule has 1 unspecified atom stereocenters. The van der Waals surface area contributed by atoms with Gasteiger partial charge < -0.3 is 5.32 Å². The summed E-state index contributed by atoms with van der Waals surface area (Å²) in [7, 11) is 0. The monoisotopic (exact) mass is 218 g/mol. The van der Waals surface area contributed by atoms with Crippen molar-refractivity contribution in [1.29, 1.82) is 0 Å². The van der Waals surface area contributed by atoms with Crippen LogP contribution < -0.4 is 5.32 Å². The zero-order valence-corrected chi connectivity index (χ0v) is 9.48. The lowest BCUT2D eigenvalue weighted by atomic mass is 10.0. The first kappa shape index (κ1) is 11.3. The van der Waals surface area contributed by atoms with E-state index in [1.807, 2.05) is 18.2 Å². The molecule has 3 nitrogen and oxygen atoms in total. The van der Waals surface area contributed by atoms with E-state index in [4.69, 9.17) is 0 Å². The van der Waals surface area contributed by atoms with Crippen molar-refractivity contribution in [2.45, 2.75) is 38.1 Å². The van der Waals surface area contributed by atoms with Gasteiger partial charge >= 0.3 is 0 Å². The van der Waals surface area contributed by atoms with E-state index in [0.29, 0.717) is 6.42 Å². The number of rotatable bonds is 3. The lowest BCUT2D eigenvalue weighted by Gasteiger charge is -2.13. The van der Waals surface area contributed by atoms with Crippen molar-refractivity contribution < 1.29 is 4.79 Å². The van der Waals surface area contributed by atoms with Crippen LogP contribution in [0, 0.1) is 0 Å².